The van der Waals surface area contributed by atoms with E-state index in [0.717, 1.165) is 17.2 Å². The second-order valence-corrected chi connectivity index (χ2v) is 3.84. The van der Waals surface area contributed by atoms with E-state index in [1.165, 1.54) is 11.8 Å². The van der Waals surface area contributed by atoms with E-state index in [9.17, 15) is 0 Å². The van der Waals surface area contributed by atoms with Gasteiger partial charge in [-0.3, -0.25) is 0 Å². The van der Waals surface area contributed by atoms with Crippen LogP contribution in [0.4, 0.5) is 5.69 Å². The number of halogens is 1. The Bertz CT molecular complexity index is 331. The lowest BCUT2D eigenvalue weighted by Gasteiger charge is -2.04. The molecule has 0 atom stereocenters. The zero-order valence-corrected chi connectivity index (χ0v) is 11.3. The predicted octanol–water partition coefficient (Wildman–Crippen LogP) is 2.97. The van der Waals surface area contributed by atoms with E-state index in [4.69, 9.17) is 10.5 Å². The number of amidine groups is 1. The van der Waals surface area contributed by atoms with E-state index in [1.807, 2.05) is 31.2 Å². The lowest BCUT2D eigenvalue weighted by atomic mass is 10.3. The number of hydrogen-bond acceptors (Lipinski definition) is 3. The normalized spacial score (nSPS) is 10.7. The van der Waals surface area contributed by atoms with Crippen molar-refractivity contribution in [1.29, 1.82) is 0 Å². The summed E-state index contributed by atoms with van der Waals surface area (Å²) in [5, 5.41) is 0.567. The molecule has 0 amide bonds. The molecule has 0 aliphatic rings. The first-order valence-corrected chi connectivity index (χ1v) is 5.36. The van der Waals surface area contributed by atoms with Gasteiger partial charge in [-0.1, -0.05) is 30.8 Å². The van der Waals surface area contributed by atoms with Crippen LogP contribution < -0.4 is 10.5 Å². The fraction of sp³-hybridized carbons (Fsp3) is 0.300. The Morgan fingerprint density at radius 3 is 2.73 bits per heavy atom. The molecule has 0 radical (unpaired) electrons. The molecule has 3 nitrogen and oxygen atoms in total. The minimum atomic E-state index is 0. The van der Waals surface area contributed by atoms with Crippen LogP contribution in [-0.2, 0) is 0 Å². The Morgan fingerprint density at radius 2 is 2.13 bits per heavy atom. The Morgan fingerprint density at radius 1 is 1.47 bits per heavy atom. The molecule has 0 bridgehead atoms. The molecule has 0 unspecified atom stereocenters. The van der Waals surface area contributed by atoms with Crippen LogP contribution in [0.2, 0.25) is 0 Å². The van der Waals surface area contributed by atoms with Crippen molar-refractivity contribution in [3.05, 3.63) is 24.3 Å². The number of ether oxygens (including phenoxy) is 1. The highest BCUT2D eigenvalue weighted by molar-refractivity contribution is 8.93. The van der Waals surface area contributed by atoms with E-state index in [0.29, 0.717) is 5.17 Å². The SMILES string of the molecule is Br.CCSC(N)=Nc1ccccc1OC. The number of benzene rings is 1. The summed E-state index contributed by atoms with van der Waals surface area (Å²) in [4.78, 5) is 4.25. The number of nitrogens with two attached hydrogens (primary N) is 1. The highest BCUT2D eigenvalue weighted by Gasteiger charge is 2.00. The zero-order chi connectivity index (χ0) is 10.4. The number of hydrogen-bond donors (Lipinski definition) is 1. The minimum absolute atomic E-state index is 0. The highest BCUT2D eigenvalue weighted by atomic mass is 79.9. The molecular weight excluding hydrogens is 276 g/mol. The number of thioether (sulfide) groups is 1. The molecule has 0 saturated heterocycles. The van der Waals surface area contributed by atoms with Gasteiger partial charge in [-0.2, -0.15) is 0 Å². The van der Waals surface area contributed by atoms with Gasteiger partial charge >= 0.3 is 0 Å². The van der Waals surface area contributed by atoms with Crippen molar-refractivity contribution >= 4 is 39.6 Å². The van der Waals surface area contributed by atoms with E-state index in [2.05, 4.69) is 4.99 Å². The zero-order valence-electron chi connectivity index (χ0n) is 8.77. The third-order valence-corrected chi connectivity index (χ3v) is 2.28. The van der Waals surface area contributed by atoms with Crippen LogP contribution in [0.3, 0.4) is 0 Å². The molecule has 0 spiro atoms. The van der Waals surface area contributed by atoms with Gasteiger partial charge in [0.2, 0.25) is 0 Å². The van der Waals surface area contributed by atoms with Gasteiger partial charge < -0.3 is 10.5 Å². The summed E-state index contributed by atoms with van der Waals surface area (Å²) < 4.78 is 5.15. The largest absolute Gasteiger partial charge is 0.494 e. The smallest absolute Gasteiger partial charge is 0.159 e. The first-order valence-electron chi connectivity index (χ1n) is 4.38. The van der Waals surface area contributed by atoms with Crippen molar-refractivity contribution in [3.63, 3.8) is 0 Å². The Hall–Kier alpha value is -0.680. The predicted molar refractivity (Wildman–Crippen MR) is 72.7 cm³/mol. The number of para-hydroxylation sites is 2. The van der Waals surface area contributed by atoms with Gasteiger partial charge in [0.15, 0.2) is 5.17 Å². The van der Waals surface area contributed by atoms with Gasteiger partial charge in [0.25, 0.3) is 0 Å². The maximum Gasteiger partial charge on any atom is 0.159 e. The third kappa shape index (κ3) is 4.57. The molecule has 5 heteroatoms. The first-order chi connectivity index (χ1) is 6.77. The molecule has 0 heterocycles. The number of nitrogens with zero attached hydrogens (tertiary/aromatic N) is 1. The summed E-state index contributed by atoms with van der Waals surface area (Å²) in [6.07, 6.45) is 0. The molecule has 84 valence electrons. The lowest BCUT2D eigenvalue weighted by molar-refractivity contribution is 0.416. The van der Waals surface area contributed by atoms with Gasteiger partial charge in [-0.15, -0.1) is 17.0 Å². The standard InChI is InChI=1S/C10H14N2OS.BrH/c1-3-14-10(11)12-8-6-4-5-7-9(8)13-2;/h4-7H,3H2,1-2H3,(H2,11,12);1H. The van der Waals surface area contributed by atoms with E-state index < -0.39 is 0 Å². The summed E-state index contributed by atoms with van der Waals surface area (Å²) in [5.74, 6) is 1.66. The van der Waals surface area contributed by atoms with Gasteiger partial charge in [0.05, 0.1) is 7.11 Å². The number of methoxy groups -OCH3 is 1. The molecule has 1 aromatic rings. The fourth-order valence-electron chi connectivity index (χ4n) is 1.02. The summed E-state index contributed by atoms with van der Waals surface area (Å²) >= 11 is 1.52. The van der Waals surface area contributed by atoms with Crippen molar-refractivity contribution in [1.82, 2.24) is 0 Å². The van der Waals surface area contributed by atoms with Crippen molar-refractivity contribution < 1.29 is 4.74 Å². The molecule has 1 rings (SSSR count). The van der Waals surface area contributed by atoms with Crippen molar-refractivity contribution in [2.45, 2.75) is 6.92 Å². The topological polar surface area (TPSA) is 47.6 Å². The van der Waals surface area contributed by atoms with Gasteiger partial charge in [0, 0.05) is 0 Å². The fourth-order valence-corrected chi connectivity index (χ4v) is 1.48. The van der Waals surface area contributed by atoms with Crippen LogP contribution in [0.15, 0.2) is 29.3 Å². The summed E-state index contributed by atoms with van der Waals surface area (Å²) in [7, 11) is 1.62. The van der Waals surface area contributed by atoms with Crippen molar-refractivity contribution in [2.24, 2.45) is 10.7 Å². The van der Waals surface area contributed by atoms with Gasteiger partial charge in [0.1, 0.15) is 11.4 Å². The van der Waals surface area contributed by atoms with Crippen LogP contribution in [0.5, 0.6) is 5.75 Å². The highest BCUT2D eigenvalue weighted by Crippen LogP contribution is 2.26. The van der Waals surface area contributed by atoms with E-state index >= 15 is 0 Å². The lowest BCUT2D eigenvalue weighted by Crippen LogP contribution is -2.05. The summed E-state index contributed by atoms with van der Waals surface area (Å²) in [6, 6.07) is 7.55. The maximum absolute atomic E-state index is 5.70. The Labute approximate surface area is 105 Å². The van der Waals surface area contributed by atoms with Gasteiger partial charge in [-0.25, -0.2) is 4.99 Å². The molecular formula is C10H15BrN2OS. The van der Waals surface area contributed by atoms with Crippen LogP contribution in [-0.4, -0.2) is 18.0 Å². The quantitative estimate of drug-likeness (QED) is 0.688. The second-order valence-electron chi connectivity index (χ2n) is 2.55. The molecule has 1 aromatic carbocycles. The molecule has 0 aliphatic heterocycles. The van der Waals surface area contributed by atoms with Crippen molar-refractivity contribution in [3.8, 4) is 5.75 Å². The van der Waals surface area contributed by atoms with Crippen LogP contribution in [0.25, 0.3) is 0 Å². The van der Waals surface area contributed by atoms with E-state index in [1.54, 1.807) is 7.11 Å². The van der Waals surface area contributed by atoms with E-state index in [-0.39, 0.29) is 17.0 Å². The summed E-state index contributed by atoms with van der Waals surface area (Å²) in [6.45, 7) is 2.04. The first kappa shape index (κ1) is 14.3. The minimum Gasteiger partial charge on any atom is -0.494 e. The van der Waals surface area contributed by atoms with Crippen molar-refractivity contribution in [2.75, 3.05) is 12.9 Å². The summed E-state index contributed by atoms with van der Waals surface area (Å²) in [5.41, 5.74) is 6.47. The van der Waals surface area contributed by atoms with Crippen LogP contribution in [0, 0.1) is 0 Å². The number of aliphatic imine (C=N–C) groups is 1. The Balaban J connectivity index is 0.00000196. The molecule has 0 fully saturated rings. The van der Waals surface area contributed by atoms with Crippen LogP contribution >= 0.6 is 28.7 Å². The number of rotatable bonds is 3. The van der Waals surface area contributed by atoms with Crippen LogP contribution in [0.1, 0.15) is 6.92 Å². The molecule has 0 saturated carbocycles. The average molecular weight is 291 g/mol. The molecule has 0 aliphatic carbocycles. The molecule has 0 aromatic heterocycles. The monoisotopic (exact) mass is 290 g/mol. The van der Waals surface area contributed by atoms with Gasteiger partial charge in [-0.05, 0) is 17.9 Å². The molecule has 2 N–H and O–H groups in total. The molecule has 15 heavy (non-hydrogen) atoms. The second kappa shape index (κ2) is 7.59. The average Bonchev–Trinajstić information content (AvgIpc) is 2.19. The third-order valence-electron chi connectivity index (χ3n) is 1.61. The Kier molecular flexibility index (Phi) is 7.25. The maximum atomic E-state index is 5.70.